The van der Waals surface area contributed by atoms with E-state index in [0.29, 0.717) is 18.5 Å². The van der Waals surface area contributed by atoms with Crippen LogP contribution in [0.1, 0.15) is 32.3 Å². The maximum absolute atomic E-state index is 12.4. The second kappa shape index (κ2) is 6.12. The van der Waals surface area contributed by atoms with Gasteiger partial charge in [-0.15, -0.1) is 0 Å². The zero-order valence-electron chi connectivity index (χ0n) is 12.6. The third-order valence-corrected chi connectivity index (χ3v) is 4.21. The zero-order valence-corrected chi connectivity index (χ0v) is 12.6. The molecule has 2 rings (SSSR count). The van der Waals surface area contributed by atoms with E-state index in [1.807, 2.05) is 45.0 Å². The number of amides is 1. The van der Waals surface area contributed by atoms with E-state index in [0.717, 1.165) is 16.7 Å². The number of aliphatic carboxylic acids is 1. The third kappa shape index (κ3) is 3.51. The molecule has 2 atom stereocenters. The van der Waals surface area contributed by atoms with Crippen molar-refractivity contribution in [2.75, 3.05) is 5.32 Å². The Bertz CT molecular complexity index is 604. The second-order valence-electron chi connectivity index (χ2n) is 5.88. The van der Waals surface area contributed by atoms with Gasteiger partial charge in [0.1, 0.15) is 0 Å². The number of carboxylic acids is 1. The molecular weight excluding hydrogens is 266 g/mol. The fourth-order valence-corrected chi connectivity index (χ4v) is 2.79. The Labute approximate surface area is 124 Å². The molecule has 0 radical (unpaired) electrons. The van der Waals surface area contributed by atoms with Crippen molar-refractivity contribution in [3.8, 4) is 0 Å². The number of nitrogens with one attached hydrogen (secondary N) is 1. The van der Waals surface area contributed by atoms with Gasteiger partial charge >= 0.3 is 5.97 Å². The highest BCUT2D eigenvalue weighted by molar-refractivity contribution is 5.95. The molecule has 112 valence electrons. The summed E-state index contributed by atoms with van der Waals surface area (Å²) in [6.07, 6.45) is 0.966. The van der Waals surface area contributed by atoms with Gasteiger partial charge in [-0.25, -0.2) is 0 Å². The molecule has 0 heterocycles. The molecule has 4 nitrogen and oxygen atoms in total. The van der Waals surface area contributed by atoms with E-state index >= 15 is 0 Å². The second-order valence-corrected chi connectivity index (χ2v) is 5.88. The summed E-state index contributed by atoms with van der Waals surface area (Å²) in [7, 11) is 0. The van der Waals surface area contributed by atoms with E-state index in [1.165, 1.54) is 0 Å². The quantitative estimate of drug-likeness (QED) is 0.837. The predicted molar refractivity (Wildman–Crippen MR) is 82.0 cm³/mol. The van der Waals surface area contributed by atoms with Gasteiger partial charge in [-0.05, 0) is 51.3 Å². The monoisotopic (exact) mass is 287 g/mol. The molecule has 2 N–H and O–H groups in total. The highest BCUT2D eigenvalue weighted by Gasteiger charge is 2.37. The molecule has 0 saturated carbocycles. The molecule has 0 fully saturated rings. The SMILES string of the molecule is CC1=C(C)C[C@H](C(=O)Nc2cccc(C)c2)[C@@H](C(=O)O)C1. The minimum Gasteiger partial charge on any atom is -0.481 e. The number of anilines is 1. The molecule has 0 saturated heterocycles. The van der Waals surface area contributed by atoms with Crippen molar-refractivity contribution in [3.05, 3.63) is 41.0 Å². The minimum atomic E-state index is -0.897. The van der Waals surface area contributed by atoms with Gasteiger partial charge in [-0.1, -0.05) is 23.3 Å². The molecule has 0 aliphatic heterocycles. The van der Waals surface area contributed by atoms with Crippen molar-refractivity contribution in [2.45, 2.75) is 33.6 Å². The molecule has 1 aromatic carbocycles. The van der Waals surface area contributed by atoms with Crippen LogP contribution < -0.4 is 5.32 Å². The number of carbonyl (C=O) groups excluding carboxylic acids is 1. The first-order valence-electron chi connectivity index (χ1n) is 7.14. The molecule has 1 aliphatic rings. The number of hydrogen-bond acceptors (Lipinski definition) is 2. The molecule has 1 amide bonds. The maximum Gasteiger partial charge on any atom is 0.307 e. The highest BCUT2D eigenvalue weighted by atomic mass is 16.4. The van der Waals surface area contributed by atoms with Crippen LogP contribution in [0.15, 0.2) is 35.4 Å². The van der Waals surface area contributed by atoms with Crippen molar-refractivity contribution in [2.24, 2.45) is 11.8 Å². The van der Waals surface area contributed by atoms with Crippen LogP contribution in [-0.4, -0.2) is 17.0 Å². The fourth-order valence-electron chi connectivity index (χ4n) is 2.79. The van der Waals surface area contributed by atoms with Crippen molar-refractivity contribution < 1.29 is 14.7 Å². The fraction of sp³-hybridized carbons (Fsp3) is 0.412. The number of rotatable bonds is 3. The molecule has 1 aromatic rings. The third-order valence-electron chi connectivity index (χ3n) is 4.21. The number of carbonyl (C=O) groups is 2. The van der Waals surface area contributed by atoms with Crippen molar-refractivity contribution in [1.82, 2.24) is 0 Å². The van der Waals surface area contributed by atoms with Crippen LogP contribution in [0.4, 0.5) is 5.69 Å². The lowest BCUT2D eigenvalue weighted by molar-refractivity contribution is -0.146. The lowest BCUT2D eigenvalue weighted by Gasteiger charge is -2.29. The zero-order chi connectivity index (χ0) is 15.6. The van der Waals surface area contributed by atoms with Crippen LogP contribution in [-0.2, 0) is 9.59 Å². The summed E-state index contributed by atoms with van der Waals surface area (Å²) in [5.41, 5.74) is 3.98. The topological polar surface area (TPSA) is 66.4 Å². The van der Waals surface area contributed by atoms with Crippen LogP contribution in [0.5, 0.6) is 0 Å². The number of allylic oxidation sites excluding steroid dienone is 2. The molecule has 1 aliphatic carbocycles. The van der Waals surface area contributed by atoms with E-state index in [1.54, 1.807) is 0 Å². The van der Waals surface area contributed by atoms with E-state index in [-0.39, 0.29) is 5.91 Å². The first-order chi connectivity index (χ1) is 9.88. The number of aryl methyl sites for hydroxylation is 1. The Balaban J connectivity index is 2.18. The first kappa shape index (κ1) is 15.3. The maximum atomic E-state index is 12.4. The van der Waals surface area contributed by atoms with Gasteiger partial charge in [0, 0.05) is 5.69 Å². The van der Waals surface area contributed by atoms with Crippen LogP contribution in [0.25, 0.3) is 0 Å². The van der Waals surface area contributed by atoms with Gasteiger partial charge in [-0.2, -0.15) is 0 Å². The largest absolute Gasteiger partial charge is 0.481 e. The average Bonchev–Trinajstić information content (AvgIpc) is 2.41. The molecule has 0 spiro atoms. The van der Waals surface area contributed by atoms with Gasteiger partial charge < -0.3 is 10.4 Å². The van der Waals surface area contributed by atoms with Gasteiger partial charge in [0.15, 0.2) is 0 Å². The summed E-state index contributed by atoms with van der Waals surface area (Å²) >= 11 is 0. The summed E-state index contributed by atoms with van der Waals surface area (Å²) < 4.78 is 0. The van der Waals surface area contributed by atoms with E-state index in [4.69, 9.17) is 0 Å². The van der Waals surface area contributed by atoms with E-state index < -0.39 is 17.8 Å². The smallest absolute Gasteiger partial charge is 0.307 e. The van der Waals surface area contributed by atoms with Crippen LogP contribution in [0.2, 0.25) is 0 Å². The average molecular weight is 287 g/mol. The summed E-state index contributed by atoms with van der Waals surface area (Å²) in [5, 5.41) is 12.2. The first-order valence-corrected chi connectivity index (χ1v) is 7.14. The van der Waals surface area contributed by atoms with Crippen molar-refractivity contribution in [1.29, 1.82) is 0 Å². The lowest BCUT2D eigenvalue weighted by atomic mass is 9.76. The van der Waals surface area contributed by atoms with Gasteiger partial charge in [-0.3, -0.25) is 9.59 Å². The van der Waals surface area contributed by atoms with Crippen LogP contribution in [0, 0.1) is 18.8 Å². The standard InChI is InChI=1S/C17H21NO3/c1-10-5-4-6-13(7-10)18-16(19)14-8-11(2)12(3)9-15(14)17(20)21/h4-7,14-15H,8-9H2,1-3H3,(H,18,19)(H,20,21)/t14-,15-/m0/s1. The molecule has 4 heteroatoms. The van der Waals surface area contributed by atoms with Gasteiger partial charge in [0.2, 0.25) is 5.91 Å². The van der Waals surface area contributed by atoms with Crippen molar-refractivity contribution in [3.63, 3.8) is 0 Å². The van der Waals surface area contributed by atoms with Gasteiger partial charge in [0.05, 0.1) is 11.8 Å². The molecule has 0 bridgehead atoms. The number of hydrogen-bond donors (Lipinski definition) is 2. The molecular formula is C17H21NO3. The summed E-state index contributed by atoms with van der Waals surface area (Å²) in [6.45, 7) is 5.87. The molecule has 21 heavy (non-hydrogen) atoms. The molecule has 0 aromatic heterocycles. The number of carboxylic acid groups (broad SMARTS) is 1. The van der Waals surface area contributed by atoms with Crippen LogP contribution >= 0.6 is 0 Å². The van der Waals surface area contributed by atoms with Crippen molar-refractivity contribution >= 4 is 17.6 Å². The van der Waals surface area contributed by atoms with Gasteiger partial charge in [0.25, 0.3) is 0 Å². The van der Waals surface area contributed by atoms with Crippen LogP contribution in [0.3, 0.4) is 0 Å². The summed E-state index contributed by atoms with van der Waals surface area (Å²) in [5.74, 6) is -2.25. The molecule has 0 unspecified atom stereocenters. The van der Waals surface area contributed by atoms with E-state index in [2.05, 4.69) is 5.32 Å². The Hall–Kier alpha value is -2.10. The normalized spacial score (nSPS) is 22.0. The number of benzene rings is 1. The predicted octanol–water partition coefficient (Wildman–Crippen LogP) is 3.38. The van der Waals surface area contributed by atoms with E-state index in [9.17, 15) is 14.7 Å². The summed E-state index contributed by atoms with van der Waals surface area (Å²) in [6, 6.07) is 7.52. The lowest BCUT2D eigenvalue weighted by Crippen LogP contribution is -2.36. The Kier molecular flexibility index (Phi) is 4.46. The highest BCUT2D eigenvalue weighted by Crippen LogP contribution is 2.35. The Morgan fingerprint density at radius 3 is 2.29 bits per heavy atom. The minimum absolute atomic E-state index is 0.208. The Morgan fingerprint density at radius 2 is 1.71 bits per heavy atom. The summed E-state index contributed by atoms with van der Waals surface area (Å²) in [4.78, 5) is 23.9. The Morgan fingerprint density at radius 1 is 1.10 bits per heavy atom.